The number of amides is 2. The van der Waals surface area contributed by atoms with Gasteiger partial charge in [-0.25, -0.2) is 9.97 Å². The summed E-state index contributed by atoms with van der Waals surface area (Å²) in [5.74, 6) is 0.222. The van der Waals surface area contributed by atoms with Crippen molar-refractivity contribution >= 4 is 33.4 Å². The molecule has 2 saturated heterocycles. The van der Waals surface area contributed by atoms with Gasteiger partial charge in [0.2, 0.25) is 17.7 Å². The van der Waals surface area contributed by atoms with Gasteiger partial charge in [-0.1, -0.05) is 22.0 Å². The third-order valence-corrected chi connectivity index (χ3v) is 5.62. The van der Waals surface area contributed by atoms with E-state index in [-0.39, 0.29) is 30.3 Å². The molecule has 0 N–H and O–H groups in total. The molecule has 2 unspecified atom stereocenters. The van der Waals surface area contributed by atoms with Crippen LogP contribution in [0, 0.1) is 5.92 Å². The first-order valence-corrected chi connectivity index (χ1v) is 10.2. The second-order valence-electron chi connectivity index (χ2n) is 7.10. The summed E-state index contributed by atoms with van der Waals surface area (Å²) >= 11 is 3.43. The first kappa shape index (κ1) is 18.9. The molecular weight excluding hydrogens is 424 g/mol. The molecule has 146 valence electrons. The molecule has 0 bridgehead atoms. The number of nitrogens with zero attached hydrogens (tertiary/aromatic N) is 4. The summed E-state index contributed by atoms with van der Waals surface area (Å²) in [6.07, 6.45) is 4.99. The van der Waals surface area contributed by atoms with Crippen LogP contribution in [0.15, 0.2) is 47.3 Å². The normalized spacial score (nSPS) is 22.4. The Morgan fingerprint density at radius 2 is 2.14 bits per heavy atom. The fraction of sp³-hybridized carbons (Fsp3) is 0.400. The molecule has 2 aliphatic heterocycles. The van der Waals surface area contributed by atoms with E-state index in [1.54, 1.807) is 17.2 Å². The maximum atomic E-state index is 13.0. The number of benzene rings is 1. The first-order chi connectivity index (χ1) is 13.6. The molecule has 2 atom stereocenters. The van der Waals surface area contributed by atoms with Crippen LogP contribution >= 0.6 is 15.9 Å². The van der Waals surface area contributed by atoms with Gasteiger partial charge in [0.05, 0.1) is 12.5 Å². The maximum Gasteiger partial charge on any atom is 0.228 e. The molecule has 0 saturated carbocycles. The average Bonchev–Trinajstić information content (AvgIpc) is 3.10. The van der Waals surface area contributed by atoms with Crippen LogP contribution in [-0.2, 0) is 9.59 Å². The summed E-state index contributed by atoms with van der Waals surface area (Å²) < 4.78 is 6.81. The second-order valence-corrected chi connectivity index (χ2v) is 8.01. The molecule has 8 heteroatoms. The quantitative estimate of drug-likeness (QED) is 0.724. The third kappa shape index (κ3) is 4.16. The number of halogens is 1. The van der Waals surface area contributed by atoms with Gasteiger partial charge in [0.15, 0.2) is 0 Å². The van der Waals surface area contributed by atoms with Crippen LogP contribution in [0.3, 0.4) is 0 Å². The highest BCUT2D eigenvalue weighted by Gasteiger charge is 2.38. The lowest BCUT2D eigenvalue weighted by Gasteiger charge is -2.34. The van der Waals surface area contributed by atoms with Crippen LogP contribution in [0.4, 0.5) is 5.69 Å². The molecule has 2 fully saturated rings. The van der Waals surface area contributed by atoms with Crippen molar-refractivity contribution in [2.75, 3.05) is 24.5 Å². The van der Waals surface area contributed by atoms with E-state index in [1.807, 2.05) is 29.2 Å². The van der Waals surface area contributed by atoms with Crippen LogP contribution in [0.5, 0.6) is 5.88 Å². The van der Waals surface area contributed by atoms with E-state index >= 15 is 0 Å². The SMILES string of the molecule is O=C(C1CC(=O)N(c2cccc(Br)c2)C1)N1CCCC(Oc2ccncn2)C1. The van der Waals surface area contributed by atoms with Gasteiger partial charge in [-0.3, -0.25) is 9.59 Å². The molecule has 0 spiro atoms. The average molecular weight is 445 g/mol. The lowest BCUT2D eigenvalue weighted by Crippen LogP contribution is -2.47. The van der Waals surface area contributed by atoms with Gasteiger partial charge in [0, 0.05) is 41.9 Å². The minimum Gasteiger partial charge on any atom is -0.472 e. The van der Waals surface area contributed by atoms with Crippen molar-refractivity contribution in [3.63, 3.8) is 0 Å². The predicted molar refractivity (Wildman–Crippen MR) is 107 cm³/mol. The van der Waals surface area contributed by atoms with Crippen molar-refractivity contribution in [1.82, 2.24) is 14.9 Å². The number of anilines is 1. The van der Waals surface area contributed by atoms with Crippen molar-refractivity contribution < 1.29 is 14.3 Å². The zero-order valence-corrected chi connectivity index (χ0v) is 16.9. The molecule has 28 heavy (non-hydrogen) atoms. The summed E-state index contributed by atoms with van der Waals surface area (Å²) in [5.41, 5.74) is 0.818. The predicted octanol–water partition coefficient (Wildman–Crippen LogP) is 2.66. The number of rotatable bonds is 4. The Hall–Kier alpha value is -2.48. The van der Waals surface area contributed by atoms with Gasteiger partial charge >= 0.3 is 0 Å². The molecular formula is C20H21BrN4O3. The minimum absolute atomic E-state index is 0.0118. The molecule has 0 radical (unpaired) electrons. The Bertz CT molecular complexity index is 864. The summed E-state index contributed by atoms with van der Waals surface area (Å²) in [6.45, 7) is 1.64. The van der Waals surface area contributed by atoms with Crippen LogP contribution in [0.2, 0.25) is 0 Å². The fourth-order valence-electron chi connectivity index (χ4n) is 3.78. The minimum atomic E-state index is -0.315. The zero-order chi connectivity index (χ0) is 19.5. The van der Waals surface area contributed by atoms with Crippen molar-refractivity contribution in [3.8, 4) is 5.88 Å². The lowest BCUT2D eigenvalue weighted by molar-refractivity contribution is -0.138. The van der Waals surface area contributed by atoms with Crippen LogP contribution < -0.4 is 9.64 Å². The Balaban J connectivity index is 1.39. The number of aromatic nitrogens is 2. The standard InChI is InChI=1S/C20H21BrN4O3/c21-15-3-1-4-16(10-15)25-11-14(9-19(25)26)20(27)24-8-2-5-17(12-24)28-18-6-7-22-13-23-18/h1,3-4,6-7,10,13-14,17H,2,5,8-9,11-12H2. The van der Waals surface area contributed by atoms with E-state index < -0.39 is 0 Å². The third-order valence-electron chi connectivity index (χ3n) is 5.13. The number of hydrogen-bond donors (Lipinski definition) is 0. The van der Waals surface area contributed by atoms with Gasteiger partial charge < -0.3 is 14.5 Å². The molecule has 1 aromatic heterocycles. The first-order valence-electron chi connectivity index (χ1n) is 9.37. The van der Waals surface area contributed by atoms with E-state index in [2.05, 4.69) is 25.9 Å². The number of hydrogen-bond acceptors (Lipinski definition) is 5. The van der Waals surface area contributed by atoms with Gasteiger partial charge in [-0.15, -0.1) is 0 Å². The molecule has 1 aromatic carbocycles. The molecule has 3 heterocycles. The molecule has 4 rings (SSSR count). The van der Waals surface area contributed by atoms with Crippen LogP contribution in [0.25, 0.3) is 0 Å². The lowest BCUT2D eigenvalue weighted by atomic mass is 10.0. The summed E-state index contributed by atoms with van der Waals surface area (Å²) in [7, 11) is 0. The van der Waals surface area contributed by atoms with E-state index in [9.17, 15) is 9.59 Å². The van der Waals surface area contributed by atoms with Crippen molar-refractivity contribution in [2.24, 2.45) is 5.92 Å². The molecule has 2 aliphatic rings. The van der Waals surface area contributed by atoms with Crippen molar-refractivity contribution in [1.29, 1.82) is 0 Å². The van der Waals surface area contributed by atoms with E-state index in [4.69, 9.17) is 4.74 Å². The maximum absolute atomic E-state index is 13.0. The Morgan fingerprint density at radius 3 is 2.93 bits per heavy atom. The van der Waals surface area contributed by atoms with Crippen molar-refractivity contribution in [3.05, 3.63) is 47.3 Å². The van der Waals surface area contributed by atoms with E-state index in [0.29, 0.717) is 25.5 Å². The zero-order valence-electron chi connectivity index (χ0n) is 15.3. The number of carbonyl (C=O) groups excluding carboxylic acids is 2. The van der Waals surface area contributed by atoms with Crippen molar-refractivity contribution in [2.45, 2.75) is 25.4 Å². The van der Waals surface area contributed by atoms with Gasteiger partial charge in [0.1, 0.15) is 12.4 Å². The second kappa shape index (κ2) is 8.26. The van der Waals surface area contributed by atoms with Crippen LogP contribution in [0.1, 0.15) is 19.3 Å². The number of ether oxygens (including phenoxy) is 1. The van der Waals surface area contributed by atoms with E-state index in [0.717, 1.165) is 23.0 Å². The number of likely N-dealkylation sites (tertiary alicyclic amines) is 1. The number of carbonyl (C=O) groups is 2. The van der Waals surface area contributed by atoms with Gasteiger partial charge in [-0.05, 0) is 31.0 Å². The highest BCUT2D eigenvalue weighted by Crippen LogP contribution is 2.29. The Kier molecular flexibility index (Phi) is 5.57. The summed E-state index contributed by atoms with van der Waals surface area (Å²) in [6, 6.07) is 9.31. The molecule has 7 nitrogen and oxygen atoms in total. The highest BCUT2D eigenvalue weighted by molar-refractivity contribution is 9.10. The molecule has 2 aromatic rings. The fourth-order valence-corrected chi connectivity index (χ4v) is 4.17. The largest absolute Gasteiger partial charge is 0.472 e. The summed E-state index contributed by atoms with van der Waals surface area (Å²) in [4.78, 5) is 37.0. The smallest absolute Gasteiger partial charge is 0.228 e. The topological polar surface area (TPSA) is 75.6 Å². The van der Waals surface area contributed by atoms with Gasteiger partial charge in [-0.2, -0.15) is 0 Å². The van der Waals surface area contributed by atoms with E-state index in [1.165, 1.54) is 6.33 Å². The number of piperidine rings is 1. The molecule has 0 aliphatic carbocycles. The molecule has 2 amide bonds. The monoisotopic (exact) mass is 444 g/mol. The Labute approximate surface area is 171 Å². The van der Waals surface area contributed by atoms with Crippen LogP contribution in [-0.4, -0.2) is 52.4 Å². The summed E-state index contributed by atoms with van der Waals surface area (Å²) in [5, 5.41) is 0. The Morgan fingerprint density at radius 1 is 1.25 bits per heavy atom. The van der Waals surface area contributed by atoms with Gasteiger partial charge in [0.25, 0.3) is 0 Å². The highest BCUT2D eigenvalue weighted by atomic mass is 79.9.